The molecule has 9 heteroatoms. The zero-order valence-corrected chi connectivity index (χ0v) is 15.8. The lowest BCUT2D eigenvalue weighted by Crippen LogP contribution is -2.33. The summed E-state index contributed by atoms with van der Waals surface area (Å²) in [6.07, 6.45) is 2.75. The highest BCUT2D eigenvalue weighted by atomic mass is 19.1. The van der Waals surface area contributed by atoms with Crippen molar-refractivity contribution >= 4 is 0 Å². The van der Waals surface area contributed by atoms with Crippen LogP contribution < -0.4 is 0 Å². The Balaban J connectivity index is 1.53. The minimum absolute atomic E-state index is 0.0722. The number of hydrogen-bond acceptors (Lipinski definition) is 8. The van der Waals surface area contributed by atoms with Crippen LogP contribution in [0.1, 0.15) is 55.9 Å². The molecule has 0 aliphatic carbocycles. The minimum Gasteiger partial charge on any atom is -0.419 e. The topological polar surface area (TPSA) is 90.3 Å². The van der Waals surface area contributed by atoms with Crippen molar-refractivity contribution in [2.75, 3.05) is 13.7 Å². The van der Waals surface area contributed by atoms with Gasteiger partial charge in [-0.3, -0.25) is 4.90 Å². The van der Waals surface area contributed by atoms with E-state index in [4.69, 9.17) is 13.7 Å². The molecule has 1 aliphatic heterocycles. The van der Waals surface area contributed by atoms with E-state index in [1.54, 1.807) is 25.3 Å². The molecule has 0 spiro atoms. The van der Waals surface area contributed by atoms with Gasteiger partial charge in [0, 0.05) is 7.11 Å². The minimum atomic E-state index is -0.385. The first-order chi connectivity index (χ1) is 13.7. The van der Waals surface area contributed by atoms with E-state index in [9.17, 15) is 4.39 Å². The molecule has 0 amide bonds. The smallest absolute Gasteiger partial charge is 0.250 e. The van der Waals surface area contributed by atoms with Crippen molar-refractivity contribution in [3.05, 3.63) is 47.7 Å². The third kappa shape index (κ3) is 3.81. The van der Waals surface area contributed by atoms with Crippen molar-refractivity contribution in [1.82, 2.24) is 25.2 Å². The lowest BCUT2D eigenvalue weighted by Gasteiger charge is -2.32. The van der Waals surface area contributed by atoms with Crippen LogP contribution in [-0.4, -0.2) is 38.9 Å². The summed E-state index contributed by atoms with van der Waals surface area (Å²) in [5.41, 5.74) is 0.304. The van der Waals surface area contributed by atoms with Gasteiger partial charge in [-0.2, -0.15) is 4.98 Å². The summed E-state index contributed by atoms with van der Waals surface area (Å²) in [5, 5.41) is 12.2. The van der Waals surface area contributed by atoms with Crippen LogP contribution in [0.25, 0.3) is 11.5 Å². The molecule has 1 aliphatic rings. The Kier molecular flexibility index (Phi) is 5.45. The number of piperidine rings is 1. The summed E-state index contributed by atoms with van der Waals surface area (Å²) in [7, 11) is 1.60. The maximum Gasteiger partial charge on any atom is 0.250 e. The quantitative estimate of drug-likeness (QED) is 0.632. The first kappa shape index (κ1) is 18.7. The molecule has 3 aromatic rings. The lowest BCUT2D eigenvalue weighted by atomic mass is 10.0. The fourth-order valence-corrected chi connectivity index (χ4v) is 3.35. The van der Waals surface area contributed by atoms with Crippen molar-refractivity contribution in [3.8, 4) is 11.5 Å². The van der Waals surface area contributed by atoms with E-state index in [1.807, 2.05) is 6.92 Å². The summed E-state index contributed by atoms with van der Waals surface area (Å²) >= 11 is 0. The van der Waals surface area contributed by atoms with Gasteiger partial charge in [-0.1, -0.05) is 23.7 Å². The Morgan fingerprint density at radius 1 is 1.29 bits per heavy atom. The molecular weight excluding hydrogens is 365 g/mol. The molecule has 3 heterocycles. The number of nitrogens with zero attached hydrogens (tertiary/aromatic N) is 5. The summed E-state index contributed by atoms with van der Waals surface area (Å²) in [4.78, 5) is 6.58. The predicted molar refractivity (Wildman–Crippen MR) is 96.4 cm³/mol. The van der Waals surface area contributed by atoms with Gasteiger partial charge in [0.15, 0.2) is 5.82 Å². The van der Waals surface area contributed by atoms with E-state index in [0.29, 0.717) is 29.7 Å². The van der Waals surface area contributed by atoms with Gasteiger partial charge in [-0.25, -0.2) is 4.39 Å². The van der Waals surface area contributed by atoms with Crippen molar-refractivity contribution < 1.29 is 18.1 Å². The molecule has 4 rings (SSSR count). The number of hydrogen-bond donors (Lipinski definition) is 0. The normalized spacial score (nSPS) is 19.0. The van der Waals surface area contributed by atoms with Gasteiger partial charge in [-0.15, -0.1) is 10.2 Å². The van der Waals surface area contributed by atoms with Crippen molar-refractivity contribution in [2.45, 2.75) is 44.9 Å². The molecule has 148 valence electrons. The summed E-state index contributed by atoms with van der Waals surface area (Å²) in [6, 6.07) is 6.30. The van der Waals surface area contributed by atoms with Gasteiger partial charge in [0.2, 0.25) is 11.8 Å². The molecule has 1 saturated heterocycles. The Morgan fingerprint density at radius 2 is 2.14 bits per heavy atom. The van der Waals surface area contributed by atoms with Crippen LogP contribution in [0.5, 0.6) is 0 Å². The second-order valence-electron chi connectivity index (χ2n) is 6.83. The summed E-state index contributed by atoms with van der Waals surface area (Å²) in [5.74, 6) is 1.31. The van der Waals surface area contributed by atoms with Crippen LogP contribution in [0.3, 0.4) is 0 Å². The third-order valence-corrected chi connectivity index (χ3v) is 4.98. The molecule has 28 heavy (non-hydrogen) atoms. The Bertz CT molecular complexity index is 928. The van der Waals surface area contributed by atoms with Gasteiger partial charge in [0.25, 0.3) is 5.89 Å². The number of benzene rings is 1. The zero-order chi connectivity index (χ0) is 19.5. The molecule has 1 aromatic carbocycles. The largest absolute Gasteiger partial charge is 0.419 e. The van der Waals surface area contributed by atoms with Crippen LogP contribution in [0.2, 0.25) is 0 Å². The first-order valence-corrected chi connectivity index (χ1v) is 9.33. The van der Waals surface area contributed by atoms with Crippen LogP contribution in [0, 0.1) is 5.82 Å². The Labute approximate surface area is 161 Å². The number of methoxy groups -OCH3 is 1. The molecule has 2 atom stereocenters. The third-order valence-electron chi connectivity index (χ3n) is 4.98. The SMILES string of the molecule is CO[C@H](C)c1noc(CN2CCCC[C@H]2c2nnc(-c3ccccc3F)o2)n1. The number of rotatable bonds is 6. The second kappa shape index (κ2) is 8.15. The number of halogens is 1. The predicted octanol–water partition coefficient (Wildman–Crippen LogP) is 3.69. The van der Waals surface area contributed by atoms with E-state index >= 15 is 0 Å². The molecule has 0 bridgehead atoms. The highest BCUT2D eigenvalue weighted by Gasteiger charge is 2.30. The van der Waals surface area contributed by atoms with Crippen LogP contribution in [0.4, 0.5) is 4.39 Å². The first-order valence-electron chi connectivity index (χ1n) is 9.33. The van der Waals surface area contributed by atoms with Crippen LogP contribution in [-0.2, 0) is 11.3 Å². The molecular formula is C19H22FN5O3. The van der Waals surface area contributed by atoms with E-state index in [2.05, 4.69) is 25.2 Å². The number of aromatic nitrogens is 4. The van der Waals surface area contributed by atoms with Crippen LogP contribution in [0.15, 0.2) is 33.2 Å². The van der Waals surface area contributed by atoms with Gasteiger partial charge in [0.1, 0.15) is 11.9 Å². The van der Waals surface area contributed by atoms with E-state index in [0.717, 1.165) is 25.8 Å². The van der Waals surface area contributed by atoms with Crippen molar-refractivity contribution in [3.63, 3.8) is 0 Å². The molecule has 8 nitrogen and oxygen atoms in total. The van der Waals surface area contributed by atoms with E-state index < -0.39 is 0 Å². The fraction of sp³-hybridized carbons (Fsp3) is 0.474. The molecule has 0 unspecified atom stereocenters. The molecule has 0 N–H and O–H groups in total. The molecule has 2 aromatic heterocycles. The lowest BCUT2D eigenvalue weighted by molar-refractivity contribution is 0.104. The second-order valence-corrected chi connectivity index (χ2v) is 6.83. The molecule has 0 saturated carbocycles. The average molecular weight is 387 g/mol. The molecule has 0 radical (unpaired) electrons. The van der Waals surface area contributed by atoms with E-state index in [1.165, 1.54) is 6.07 Å². The van der Waals surface area contributed by atoms with Gasteiger partial charge in [0.05, 0.1) is 18.2 Å². The average Bonchev–Trinajstić information content (AvgIpc) is 3.38. The van der Waals surface area contributed by atoms with E-state index in [-0.39, 0.29) is 23.9 Å². The van der Waals surface area contributed by atoms with Crippen LogP contribution >= 0.6 is 0 Å². The standard InChI is InChI=1S/C19H22FN5O3/c1-12(26-2)17-21-16(28-24-17)11-25-10-6-5-9-15(25)19-23-22-18(27-19)13-7-3-4-8-14(13)20/h3-4,7-8,12,15H,5-6,9-11H2,1-2H3/t12-,15+/m1/s1. The zero-order valence-electron chi connectivity index (χ0n) is 15.8. The summed E-state index contributed by atoms with van der Waals surface area (Å²) < 4.78 is 30.4. The van der Waals surface area contributed by atoms with Crippen molar-refractivity contribution in [1.29, 1.82) is 0 Å². The Morgan fingerprint density at radius 3 is 2.96 bits per heavy atom. The fourth-order valence-electron chi connectivity index (χ4n) is 3.35. The van der Waals surface area contributed by atoms with Gasteiger partial charge >= 0.3 is 0 Å². The highest BCUT2D eigenvalue weighted by molar-refractivity contribution is 5.53. The number of likely N-dealkylation sites (tertiary alicyclic amines) is 1. The number of ether oxygens (including phenoxy) is 1. The van der Waals surface area contributed by atoms with Gasteiger partial charge in [-0.05, 0) is 38.4 Å². The highest BCUT2D eigenvalue weighted by Crippen LogP contribution is 2.33. The molecule has 1 fully saturated rings. The monoisotopic (exact) mass is 387 g/mol. The Hall–Kier alpha value is -2.65. The van der Waals surface area contributed by atoms with Gasteiger partial charge < -0.3 is 13.7 Å². The maximum absolute atomic E-state index is 14.0. The maximum atomic E-state index is 14.0. The summed E-state index contributed by atoms with van der Waals surface area (Å²) in [6.45, 7) is 3.19. The van der Waals surface area contributed by atoms with Crippen molar-refractivity contribution in [2.24, 2.45) is 0 Å².